The van der Waals surface area contributed by atoms with Crippen molar-refractivity contribution in [3.8, 4) is 0 Å². The lowest BCUT2D eigenvalue weighted by atomic mass is 9.87. The maximum absolute atomic E-state index is 13.0. The summed E-state index contributed by atoms with van der Waals surface area (Å²) in [6.45, 7) is 6.66. The van der Waals surface area contributed by atoms with Crippen LogP contribution < -0.4 is 0 Å². The highest BCUT2D eigenvalue weighted by Gasteiger charge is 2.32. The summed E-state index contributed by atoms with van der Waals surface area (Å²) in [7, 11) is -6.00. The van der Waals surface area contributed by atoms with Crippen molar-refractivity contribution in [1.82, 2.24) is 13.5 Å². The molecule has 1 fully saturated rings. The van der Waals surface area contributed by atoms with Crippen LogP contribution in [0.3, 0.4) is 0 Å². The average molecular weight is 500 g/mol. The van der Waals surface area contributed by atoms with Gasteiger partial charge in [-0.1, -0.05) is 39.0 Å². The molecule has 0 unspecified atom stereocenters. The van der Waals surface area contributed by atoms with Gasteiger partial charge in [0.1, 0.15) is 4.21 Å². The highest BCUT2D eigenvalue weighted by atomic mass is 32.2. The van der Waals surface area contributed by atoms with E-state index in [1.165, 1.54) is 22.3 Å². The Morgan fingerprint density at radius 2 is 1.59 bits per heavy atom. The number of rotatable bonds is 6. The average Bonchev–Trinajstić information content (AvgIpc) is 3.29. The standard InChI is InChI=1S/C21H29N3O5S3/c1-21(2,3)17-7-9-18(10-8-17)31(26,27)24-13-11-23(12-14-24)19(25)16-22(4)32(28,29)20-6-5-15-30-20/h5-10,15H,11-14,16H2,1-4H3. The van der Waals surface area contributed by atoms with Crippen LogP contribution in [0.15, 0.2) is 50.9 Å². The lowest BCUT2D eigenvalue weighted by molar-refractivity contribution is -0.132. The van der Waals surface area contributed by atoms with Crippen molar-refractivity contribution in [1.29, 1.82) is 0 Å². The van der Waals surface area contributed by atoms with Crippen LogP contribution in [0.25, 0.3) is 0 Å². The molecule has 1 aliphatic heterocycles. The van der Waals surface area contributed by atoms with Crippen molar-refractivity contribution < 1.29 is 21.6 Å². The van der Waals surface area contributed by atoms with Crippen LogP contribution >= 0.6 is 11.3 Å². The minimum Gasteiger partial charge on any atom is -0.339 e. The van der Waals surface area contributed by atoms with E-state index in [1.807, 2.05) is 12.1 Å². The summed E-state index contributed by atoms with van der Waals surface area (Å²) in [5.41, 5.74) is 0.979. The van der Waals surface area contributed by atoms with Crippen molar-refractivity contribution >= 4 is 37.3 Å². The molecule has 1 amide bonds. The Bertz CT molecular complexity index is 1140. The number of benzene rings is 1. The lowest BCUT2D eigenvalue weighted by Gasteiger charge is -2.34. The molecule has 1 aromatic carbocycles. The van der Waals surface area contributed by atoms with Gasteiger partial charge in [0.2, 0.25) is 15.9 Å². The Labute approximate surface area is 194 Å². The minimum absolute atomic E-state index is 0.0710. The quantitative estimate of drug-likeness (QED) is 0.607. The number of piperazine rings is 1. The van der Waals surface area contributed by atoms with Gasteiger partial charge in [-0.05, 0) is 34.6 Å². The molecule has 0 radical (unpaired) electrons. The molecule has 1 aliphatic rings. The molecule has 11 heteroatoms. The molecular weight excluding hydrogens is 470 g/mol. The van der Waals surface area contributed by atoms with E-state index in [4.69, 9.17) is 0 Å². The van der Waals surface area contributed by atoms with Gasteiger partial charge in [0.05, 0.1) is 11.4 Å². The van der Waals surface area contributed by atoms with E-state index < -0.39 is 20.0 Å². The molecular formula is C21H29N3O5S3. The van der Waals surface area contributed by atoms with E-state index in [0.29, 0.717) is 0 Å². The predicted octanol–water partition coefficient (Wildman–Crippen LogP) is 2.20. The molecule has 3 rings (SSSR count). The number of amides is 1. The zero-order valence-electron chi connectivity index (χ0n) is 18.7. The molecule has 8 nitrogen and oxygen atoms in total. The summed E-state index contributed by atoms with van der Waals surface area (Å²) >= 11 is 1.10. The van der Waals surface area contributed by atoms with Gasteiger partial charge in [-0.2, -0.15) is 8.61 Å². The number of hydrogen-bond donors (Lipinski definition) is 0. The van der Waals surface area contributed by atoms with Crippen LogP contribution in [0, 0.1) is 0 Å². The van der Waals surface area contributed by atoms with Crippen molar-refractivity contribution in [2.24, 2.45) is 0 Å². The van der Waals surface area contributed by atoms with Gasteiger partial charge in [0.15, 0.2) is 0 Å². The van der Waals surface area contributed by atoms with Gasteiger partial charge in [0.25, 0.3) is 10.0 Å². The monoisotopic (exact) mass is 499 g/mol. The Morgan fingerprint density at radius 1 is 1.00 bits per heavy atom. The second kappa shape index (κ2) is 9.22. The minimum atomic E-state index is -3.72. The molecule has 0 bridgehead atoms. The van der Waals surface area contributed by atoms with Crippen molar-refractivity contribution in [2.75, 3.05) is 39.8 Å². The van der Waals surface area contributed by atoms with Crippen molar-refractivity contribution in [3.05, 3.63) is 47.3 Å². The van der Waals surface area contributed by atoms with Crippen LogP contribution in [-0.4, -0.2) is 76.0 Å². The fraction of sp³-hybridized carbons (Fsp3) is 0.476. The first kappa shape index (κ1) is 24.8. The van der Waals surface area contributed by atoms with Crippen LogP contribution in [0.4, 0.5) is 0 Å². The molecule has 0 spiro atoms. The van der Waals surface area contributed by atoms with E-state index in [2.05, 4.69) is 20.8 Å². The predicted molar refractivity (Wildman–Crippen MR) is 125 cm³/mol. The molecule has 1 aromatic heterocycles. The molecule has 2 heterocycles. The number of sulfonamides is 2. The highest BCUT2D eigenvalue weighted by Crippen LogP contribution is 2.25. The SMILES string of the molecule is CN(CC(=O)N1CCN(S(=O)(=O)c2ccc(C(C)(C)C)cc2)CC1)S(=O)(=O)c1cccs1. The molecule has 0 atom stereocenters. The van der Waals surface area contributed by atoms with Gasteiger partial charge in [-0.25, -0.2) is 16.8 Å². The van der Waals surface area contributed by atoms with Crippen LogP contribution in [-0.2, 0) is 30.3 Å². The number of nitrogens with zero attached hydrogens (tertiary/aromatic N) is 3. The first-order valence-electron chi connectivity index (χ1n) is 10.2. The molecule has 0 aliphatic carbocycles. The molecule has 176 valence electrons. The number of likely N-dealkylation sites (N-methyl/N-ethyl adjacent to an activating group) is 1. The second-order valence-electron chi connectivity index (χ2n) is 8.75. The van der Waals surface area contributed by atoms with E-state index in [0.717, 1.165) is 21.2 Å². The first-order chi connectivity index (χ1) is 14.8. The van der Waals surface area contributed by atoms with Crippen molar-refractivity contribution in [3.63, 3.8) is 0 Å². The molecule has 1 saturated heterocycles. The van der Waals surface area contributed by atoms with E-state index in [1.54, 1.807) is 23.6 Å². The fourth-order valence-electron chi connectivity index (χ4n) is 3.39. The van der Waals surface area contributed by atoms with Gasteiger partial charge in [-0.15, -0.1) is 11.3 Å². The van der Waals surface area contributed by atoms with E-state index in [9.17, 15) is 21.6 Å². The number of carbonyl (C=O) groups excluding carboxylic acids is 1. The second-order valence-corrected chi connectivity index (χ2v) is 13.9. The van der Waals surface area contributed by atoms with Crippen LogP contribution in [0.1, 0.15) is 26.3 Å². The smallest absolute Gasteiger partial charge is 0.252 e. The highest BCUT2D eigenvalue weighted by molar-refractivity contribution is 7.91. The van der Waals surface area contributed by atoms with Gasteiger partial charge in [0, 0.05) is 33.2 Å². The van der Waals surface area contributed by atoms with Crippen molar-refractivity contribution in [2.45, 2.75) is 35.3 Å². The van der Waals surface area contributed by atoms with Gasteiger partial charge >= 0.3 is 0 Å². The molecule has 0 N–H and O–H groups in total. The summed E-state index contributed by atoms with van der Waals surface area (Å²) in [5.74, 6) is -0.348. The third kappa shape index (κ3) is 5.23. The Hall–Kier alpha value is -1.79. The summed E-state index contributed by atoms with van der Waals surface area (Å²) in [4.78, 5) is 14.4. The zero-order valence-corrected chi connectivity index (χ0v) is 21.1. The van der Waals surface area contributed by atoms with Crippen LogP contribution in [0.2, 0.25) is 0 Å². The van der Waals surface area contributed by atoms with E-state index >= 15 is 0 Å². The van der Waals surface area contributed by atoms with Gasteiger partial charge in [-0.3, -0.25) is 4.79 Å². The zero-order chi connectivity index (χ0) is 23.7. The summed E-state index contributed by atoms with van der Waals surface area (Å²) < 4.78 is 53.6. The molecule has 2 aromatic rings. The maximum Gasteiger partial charge on any atom is 0.252 e. The number of hydrogen-bond acceptors (Lipinski definition) is 6. The lowest BCUT2D eigenvalue weighted by Crippen LogP contribution is -2.52. The summed E-state index contributed by atoms with van der Waals surface area (Å²) in [6.07, 6.45) is 0. The number of carbonyl (C=O) groups is 1. The Kier molecular flexibility index (Phi) is 7.16. The normalized spacial score (nSPS) is 16.5. The molecule has 32 heavy (non-hydrogen) atoms. The first-order valence-corrected chi connectivity index (χ1v) is 14.0. The molecule has 0 saturated carbocycles. The van der Waals surface area contributed by atoms with Crippen LogP contribution in [0.5, 0.6) is 0 Å². The van der Waals surface area contributed by atoms with Gasteiger partial charge < -0.3 is 4.90 Å². The number of thiophene rings is 1. The third-order valence-electron chi connectivity index (χ3n) is 5.47. The maximum atomic E-state index is 13.0. The summed E-state index contributed by atoms with van der Waals surface area (Å²) in [6, 6.07) is 10.0. The largest absolute Gasteiger partial charge is 0.339 e. The summed E-state index contributed by atoms with van der Waals surface area (Å²) in [5, 5.41) is 1.67. The topological polar surface area (TPSA) is 95.1 Å². The fourth-order valence-corrected chi connectivity index (χ4v) is 7.14. The Morgan fingerprint density at radius 3 is 2.09 bits per heavy atom. The third-order valence-corrected chi connectivity index (χ3v) is 10.6. The Balaban J connectivity index is 1.61. The van der Waals surface area contributed by atoms with E-state index in [-0.39, 0.29) is 53.2 Å².